The van der Waals surface area contributed by atoms with E-state index in [0.29, 0.717) is 44.4 Å². The van der Waals surface area contributed by atoms with Gasteiger partial charge in [-0.3, -0.25) is 4.98 Å². The first-order valence-corrected chi connectivity index (χ1v) is 12.6. The fraction of sp³-hybridized carbons (Fsp3) is 0.259. The van der Waals surface area contributed by atoms with Crippen LogP contribution in [0.25, 0.3) is 28.2 Å². The van der Waals surface area contributed by atoms with Crippen LogP contribution >= 0.6 is 23.2 Å². The van der Waals surface area contributed by atoms with Crippen molar-refractivity contribution in [2.75, 3.05) is 25.1 Å². The lowest BCUT2D eigenvalue weighted by Crippen LogP contribution is -2.45. The maximum Gasteiger partial charge on any atom is 0.354 e. The molecule has 8 nitrogen and oxygen atoms in total. The third kappa shape index (κ3) is 4.40. The van der Waals surface area contributed by atoms with Crippen LogP contribution in [-0.4, -0.2) is 46.4 Å². The number of ether oxygens (including phenoxy) is 1. The molecule has 1 aromatic carbocycles. The standard InChI is InChI=1S/C27H22Cl2N4O4/c1-36-23-9-22(27(34)35)31-21-7-5-16(8-18(21)23)33-12-14(13-33)2-6-17-25(32-37-26(17)15-3-4-15)24-19(28)10-30-11-20(24)29/h2,5-11,14-15H,3-4,12-13H2,1H3,(H,34,35). The molecular formula is C27H22Cl2N4O4. The predicted molar refractivity (Wildman–Crippen MR) is 142 cm³/mol. The Morgan fingerprint density at radius 3 is 2.62 bits per heavy atom. The molecule has 37 heavy (non-hydrogen) atoms. The third-order valence-electron chi connectivity index (χ3n) is 6.80. The SMILES string of the molecule is COc1cc(C(=O)O)nc2ccc(N3CC(C=Cc4c(-c5c(Cl)cncc5Cl)noc4C4CC4)C3)cc12. The average molecular weight is 537 g/mol. The molecule has 188 valence electrons. The number of aromatic nitrogens is 3. The van der Waals surface area contributed by atoms with Crippen molar-refractivity contribution in [2.45, 2.75) is 18.8 Å². The number of hydrogen-bond donors (Lipinski definition) is 1. The quantitative estimate of drug-likeness (QED) is 0.292. The molecule has 0 radical (unpaired) electrons. The third-order valence-corrected chi connectivity index (χ3v) is 7.37. The molecule has 0 spiro atoms. The van der Waals surface area contributed by atoms with Gasteiger partial charge in [0, 0.05) is 65.6 Å². The Morgan fingerprint density at radius 1 is 1.19 bits per heavy atom. The van der Waals surface area contributed by atoms with Crippen molar-refractivity contribution >= 4 is 51.8 Å². The summed E-state index contributed by atoms with van der Waals surface area (Å²) in [6.07, 6.45) is 9.54. The first-order chi connectivity index (χ1) is 17.9. The van der Waals surface area contributed by atoms with Crippen LogP contribution in [0.2, 0.25) is 10.0 Å². The maximum atomic E-state index is 11.4. The number of halogens is 2. The Morgan fingerprint density at radius 2 is 1.95 bits per heavy atom. The number of methoxy groups -OCH3 is 1. The normalized spacial score (nSPS) is 15.9. The van der Waals surface area contributed by atoms with Gasteiger partial charge < -0.3 is 19.3 Å². The number of carboxylic acid groups (broad SMARTS) is 1. The molecule has 4 aromatic rings. The minimum absolute atomic E-state index is 0.0423. The molecule has 1 saturated heterocycles. The highest BCUT2D eigenvalue weighted by Gasteiger charge is 2.33. The fourth-order valence-electron chi connectivity index (χ4n) is 4.66. The monoisotopic (exact) mass is 536 g/mol. The maximum absolute atomic E-state index is 11.4. The van der Waals surface area contributed by atoms with Crippen LogP contribution in [0.3, 0.4) is 0 Å². The van der Waals surface area contributed by atoms with Gasteiger partial charge in [-0.15, -0.1) is 0 Å². The highest BCUT2D eigenvalue weighted by molar-refractivity contribution is 6.39. The Hall–Kier alpha value is -3.62. The first-order valence-electron chi connectivity index (χ1n) is 11.9. The van der Waals surface area contributed by atoms with Gasteiger partial charge in [-0.1, -0.05) is 40.5 Å². The van der Waals surface area contributed by atoms with E-state index < -0.39 is 5.97 Å². The molecule has 0 amide bonds. The topological polar surface area (TPSA) is 102 Å². The molecule has 0 bridgehead atoms. The second kappa shape index (κ2) is 9.36. The van der Waals surface area contributed by atoms with Crippen molar-refractivity contribution in [3.63, 3.8) is 0 Å². The second-order valence-corrected chi connectivity index (χ2v) is 10.1. The Balaban J connectivity index is 1.23. The number of carbonyl (C=O) groups is 1. The smallest absolute Gasteiger partial charge is 0.354 e. The molecule has 4 heterocycles. The van der Waals surface area contributed by atoms with Crippen LogP contribution < -0.4 is 9.64 Å². The van der Waals surface area contributed by atoms with Gasteiger partial charge in [-0.05, 0) is 31.0 Å². The zero-order valence-corrected chi connectivity index (χ0v) is 21.3. The number of nitrogens with zero attached hydrogens (tertiary/aromatic N) is 4. The van der Waals surface area contributed by atoms with E-state index in [9.17, 15) is 9.90 Å². The number of fused-ring (bicyclic) bond motifs is 1. The molecule has 10 heteroatoms. The summed E-state index contributed by atoms with van der Waals surface area (Å²) in [5.74, 6) is 0.990. The van der Waals surface area contributed by atoms with E-state index in [2.05, 4.69) is 32.2 Å². The van der Waals surface area contributed by atoms with E-state index in [0.717, 1.165) is 48.3 Å². The van der Waals surface area contributed by atoms with E-state index in [1.54, 1.807) is 12.4 Å². The number of rotatable bonds is 7. The molecule has 0 atom stereocenters. The molecule has 1 aliphatic carbocycles. The number of hydrogen-bond acceptors (Lipinski definition) is 7. The molecule has 3 aromatic heterocycles. The summed E-state index contributed by atoms with van der Waals surface area (Å²) in [5, 5.41) is 15.3. The van der Waals surface area contributed by atoms with Crippen LogP contribution in [0, 0.1) is 5.92 Å². The van der Waals surface area contributed by atoms with Crippen LogP contribution in [0.15, 0.2) is 47.3 Å². The fourth-order valence-corrected chi connectivity index (χ4v) is 5.21. The number of benzene rings is 1. The van der Waals surface area contributed by atoms with E-state index in [1.807, 2.05) is 18.2 Å². The van der Waals surface area contributed by atoms with Crippen molar-refractivity contribution in [1.29, 1.82) is 0 Å². The molecule has 2 aliphatic rings. The van der Waals surface area contributed by atoms with E-state index in [4.69, 9.17) is 32.5 Å². The summed E-state index contributed by atoms with van der Waals surface area (Å²) in [6.45, 7) is 1.67. The number of anilines is 1. The second-order valence-electron chi connectivity index (χ2n) is 9.30. The molecule has 1 aliphatic heterocycles. The first kappa shape index (κ1) is 23.8. The van der Waals surface area contributed by atoms with Crippen LogP contribution in [0.1, 0.15) is 40.6 Å². The highest BCUT2D eigenvalue weighted by Crippen LogP contribution is 2.46. The zero-order valence-electron chi connectivity index (χ0n) is 19.8. The summed E-state index contributed by atoms with van der Waals surface area (Å²) in [6, 6.07) is 7.22. The van der Waals surface area contributed by atoms with E-state index in [-0.39, 0.29) is 5.69 Å². The number of pyridine rings is 2. The van der Waals surface area contributed by atoms with Gasteiger partial charge in [0.2, 0.25) is 0 Å². The lowest BCUT2D eigenvalue weighted by Gasteiger charge is -2.39. The lowest BCUT2D eigenvalue weighted by molar-refractivity contribution is 0.0690. The molecule has 2 fully saturated rings. The summed E-state index contributed by atoms with van der Waals surface area (Å²) >= 11 is 12.8. The van der Waals surface area contributed by atoms with Crippen molar-refractivity contribution in [2.24, 2.45) is 5.92 Å². The largest absolute Gasteiger partial charge is 0.496 e. The average Bonchev–Trinajstić information content (AvgIpc) is 3.62. The summed E-state index contributed by atoms with van der Waals surface area (Å²) < 4.78 is 11.2. The van der Waals surface area contributed by atoms with E-state index >= 15 is 0 Å². The van der Waals surface area contributed by atoms with E-state index in [1.165, 1.54) is 13.2 Å². The molecule has 1 saturated carbocycles. The summed E-state index contributed by atoms with van der Waals surface area (Å²) in [7, 11) is 1.53. The van der Waals surface area contributed by atoms with Crippen molar-refractivity contribution in [3.05, 3.63) is 69.8 Å². The van der Waals surface area contributed by atoms with Gasteiger partial charge in [0.05, 0.1) is 22.7 Å². The van der Waals surface area contributed by atoms with Crippen molar-refractivity contribution in [3.8, 4) is 17.0 Å². The van der Waals surface area contributed by atoms with Crippen LogP contribution in [0.4, 0.5) is 5.69 Å². The molecule has 6 rings (SSSR count). The zero-order chi connectivity index (χ0) is 25.7. The van der Waals surface area contributed by atoms with Gasteiger partial charge in [0.25, 0.3) is 0 Å². The number of aromatic carboxylic acids is 1. The minimum atomic E-state index is -1.09. The number of carboxylic acids is 1. The van der Waals surface area contributed by atoms with Gasteiger partial charge in [-0.2, -0.15) is 0 Å². The van der Waals surface area contributed by atoms with Gasteiger partial charge >= 0.3 is 5.97 Å². The van der Waals surface area contributed by atoms with Crippen LogP contribution in [0.5, 0.6) is 5.75 Å². The van der Waals surface area contributed by atoms with Gasteiger partial charge in [0.15, 0.2) is 5.69 Å². The Kier molecular flexibility index (Phi) is 6.01. The summed E-state index contributed by atoms with van der Waals surface area (Å²) in [5.41, 5.74) is 3.76. The Bertz CT molecular complexity index is 1540. The predicted octanol–water partition coefficient (Wildman–Crippen LogP) is 6.33. The summed E-state index contributed by atoms with van der Waals surface area (Å²) in [4.78, 5) is 21.9. The van der Waals surface area contributed by atoms with Gasteiger partial charge in [-0.25, -0.2) is 9.78 Å². The van der Waals surface area contributed by atoms with Gasteiger partial charge in [0.1, 0.15) is 17.2 Å². The Labute approximate surface area is 222 Å². The van der Waals surface area contributed by atoms with Crippen molar-refractivity contribution < 1.29 is 19.2 Å². The van der Waals surface area contributed by atoms with Crippen molar-refractivity contribution in [1.82, 2.24) is 15.1 Å². The van der Waals surface area contributed by atoms with Crippen LogP contribution in [-0.2, 0) is 0 Å². The molecule has 0 unspecified atom stereocenters. The lowest BCUT2D eigenvalue weighted by atomic mass is 9.96. The molecular weight excluding hydrogens is 515 g/mol. The molecule has 1 N–H and O–H groups in total. The highest BCUT2D eigenvalue weighted by atomic mass is 35.5. The minimum Gasteiger partial charge on any atom is -0.496 e.